The molecule has 2 aliphatic carbocycles. The Balaban J connectivity index is 1.76. The molecule has 104 valence electrons. The van der Waals surface area contributed by atoms with Crippen LogP contribution in [0.25, 0.3) is 0 Å². The zero-order chi connectivity index (χ0) is 13.2. The van der Waals surface area contributed by atoms with E-state index in [1.54, 1.807) is 0 Å². The molecule has 1 aromatic rings. The molecule has 0 aromatic carbocycles. The third kappa shape index (κ3) is 3.40. The highest BCUT2D eigenvalue weighted by molar-refractivity contribution is 6.31. The quantitative estimate of drug-likeness (QED) is 0.831. The van der Waals surface area contributed by atoms with Gasteiger partial charge < -0.3 is 10.2 Å². The first kappa shape index (κ1) is 13.2. The van der Waals surface area contributed by atoms with E-state index in [0.29, 0.717) is 0 Å². The van der Waals surface area contributed by atoms with Gasteiger partial charge in [0.2, 0.25) is 0 Å². The van der Waals surface area contributed by atoms with Crippen molar-refractivity contribution < 1.29 is 0 Å². The van der Waals surface area contributed by atoms with Crippen LogP contribution < -0.4 is 10.2 Å². The summed E-state index contributed by atoms with van der Waals surface area (Å²) in [5.74, 6) is 2.02. The van der Waals surface area contributed by atoms with Gasteiger partial charge in [-0.3, -0.25) is 0 Å². The van der Waals surface area contributed by atoms with Gasteiger partial charge in [-0.1, -0.05) is 18.5 Å². The minimum Gasteiger partial charge on any atom is -0.353 e. The molecule has 0 bridgehead atoms. The zero-order valence-corrected chi connectivity index (χ0v) is 12.3. The first-order valence-corrected chi connectivity index (χ1v) is 7.78. The summed E-state index contributed by atoms with van der Waals surface area (Å²) in [7, 11) is 0. The highest BCUT2D eigenvalue weighted by Gasteiger charge is 2.34. The number of nitrogens with one attached hydrogen (secondary N) is 1. The predicted octanol–water partition coefficient (Wildman–Crippen LogP) is 3.22. The fourth-order valence-corrected chi connectivity index (χ4v) is 2.57. The highest BCUT2D eigenvalue weighted by Crippen LogP contribution is 2.37. The Bertz CT molecular complexity index is 441. The lowest BCUT2D eigenvalue weighted by atomic mass is 10.3. The van der Waals surface area contributed by atoms with E-state index in [1.165, 1.54) is 32.2 Å². The van der Waals surface area contributed by atoms with Crippen molar-refractivity contribution in [3.05, 3.63) is 22.8 Å². The van der Waals surface area contributed by atoms with Gasteiger partial charge in [-0.25, -0.2) is 4.98 Å². The van der Waals surface area contributed by atoms with Crippen molar-refractivity contribution in [2.45, 2.75) is 45.2 Å². The fourth-order valence-electron chi connectivity index (χ4n) is 2.39. The molecule has 4 heteroatoms. The molecule has 19 heavy (non-hydrogen) atoms. The van der Waals surface area contributed by atoms with Crippen LogP contribution in [0.15, 0.2) is 12.1 Å². The monoisotopic (exact) mass is 279 g/mol. The van der Waals surface area contributed by atoms with Crippen molar-refractivity contribution in [3.63, 3.8) is 0 Å². The molecule has 1 N–H and O–H groups in total. The highest BCUT2D eigenvalue weighted by atomic mass is 35.5. The molecule has 2 aliphatic rings. The maximum Gasteiger partial charge on any atom is 0.129 e. The molecule has 0 radical (unpaired) electrons. The third-order valence-corrected chi connectivity index (χ3v) is 4.22. The summed E-state index contributed by atoms with van der Waals surface area (Å²) in [6, 6.07) is 4.80. The maximum absolute atomic E-state index is 6.23. The molecule has 0 saturated heterocycles. The van der Waals surface area contributed by atoms with Crippen molar-refractivity contribution in [2.75, 3.05) is 18.0 Å². The second kappa shape index (κ2) is 5.68. The number of halogens is 1. The summed E-state index contributed by atoms with van der Waals surface area (Å²) >= 11 is 6.23. The van der Waals surface area contributed by atoms with Gasteiger partial charge in [0.1, 0.15) is 5.82 Å². The Morgan fingerprint density at radius 2 is 2.11 bits per heavy atom. The third-order valence-electron chi connectivity index (χ3n) is 3.88. The largest absolute Gasteiger partial charge is 0.353 e. The van der Waals surface area contributed by atoms with E-state index in [4.69, 9.17) is 16.6 Å². The van der Waals surface area contributed by atoms with Crippen molar-refractivity contribution in [2.24, 2.45) is 5.92 Å². The summed E-state index contributed by atoms with van der Waals surface area (Å²) < 4.78 is 0. The number of anilines is 1. The smallest absolute Gasteiger partial charge is 0.129 e. The molecule has 3 nitrogen and oxygen atoms in total. The van der Waals surface area contributed by atoms with E-state index in [2.05, 4.69) is 23.2 Å². The molecule has 0 spiro atoms. The minimum absolute atomic E-state index is 0.723. The van der Waals surface area contributed by atoms with Crippen LogP contribution in [0.5, 0.6) is 0 Å². The fraction of sp³-hybridized carbons (Fsp3) is 0.667. The van der Waals surface area contributed by atoms with Gasteiger partial charge >= 0.3 is 0 Å². The van der Waals surface area contributed by atoms with Crippen molar-refractivity contribution in [1.29, 1.82) is 0 Å². The Morgan fingerprint density at radius 3 is 2.74 bits per heavy atom. The van der Waals surface area contributed by atoms with Crippen LogP contribution >= 0.6 is 11.6 Å². The molecule has 2 fully saturated rings. The molecule has 0 atom stereocenters. The lowest BCUT2D eigenvalue weighted by Crippen LogP contribution is -2.29. The summed E-state index contributed by atoms with van der Waals surface area (Å²) in [5.41, 5.74) is 0.975. The summed E-state index contributed by atoms with van der Waals surface area (Å²) in [4.78, 5) is 7.29. The molecule has 2 saturated carbocycles. The number of hydrogen-bond donors (Lipinski definition) is 1. The number of rotatable bonds is 7. The SMILES string of the molecule is CCNCc1nc(N(CC2CC2)C2CC2)ccc1Cl. The Hall–Kier alpha value is -0.800. The minimum atomic E-state index is 0.723. The predicted molar refractivity (Wildman–Crippen MR) is 79.7 cm³/mol. The Morgan fingerprint density at radius 1 is 1.32 bits per heavy atom. The van der Waals surface area contributed by atoms with E-state index in [0.717, 1.165) is 41.6 Å². The van der Waals surface area contributed by atoms with E-state index >= 15 is 0 Å². The van der Waals surface area contributed by atoms with E-state index < -0.39 is 0 Å². The van der Waals surface area contributed by atoms with Crippen molar-refractivity contribution in [1.82, 2.24) is 10.3 Å². The van der Waals surface area contributed by atoms with Crippen LogP contribution in [-0.4, -0.2) is 24.1 Å². The van der Waals surface area contributed by atoms with E-state index in [1.807, 2.05) is 6.07 Å². The van der Waals surface area contributed by atoms with Crippen LogP contribution in [0.2, 0.25) is 5.02 Å². The van der Waals surface area contributed by atoms with Crippen LogP contribution in [0.3, 0.4) is 0 Å². The molecular formula is C15H22ClN3. The number of hydrogen-bond acceptors (Lipinski definition) is 3. The zero-order valence-electron chi connectivity index (χ0n) is 11.5. The van der Waals surface area contributed by atoms with Gasteiger partial charge in [0.05, 0.1) is 10.7 Å². The van der Waals surface area contributed by atoms with Crippen LogP contribution in [0.4, 0.5) is 5.82 Å². The van der Waals surface area contributed by atoms with Gasteiger partial charge in [0.25, 0.3) is 0 Å². The molecule has 1 aromatic heterocycles. The topological polar surface area (TPSA) is 28.2 Å². The standard InChI is InChI=1S/C15H22ClN3/c1-2-17-9-14-13(16)7-8-15(18-14)19(12-5-6-12)10-11-3-4-11/h7-8,11-12,17H,2-6,9-10H2,1H3. The Labute approximate surface area is 120 Å². The Kier molecular flexibility index (Phi) is 3.94. The molecule has 0 amide bonds. The number of pyridine rings is 1. The first-order chi connectivity index (χ1) is 9.28. The van der Waals surface area contributed by atoms with E-state index in [9.17, 15) is 0 Å². The van der Waals surface area contributed by atoms with Crippen molar-refractivity contribution in [3.8, 4) is 0 Å². The molecule has 0 unspecified atom stereocenters. The van der Waals surface area contributed by atoms with Gasteiger partial charge in [-0.2, -0.15) is 0 Å². The number of nitrogens with zero attached hydrogens (tertiary/aromatic N) is 2. The lowest BCUT2D eigenvalue weighted by Gasteiger charge is -2.24. The average molecular weight is 280 g/mol. The second-order valence-corrected chi connectivity index (χ2v) is 6.11. The van der Waals surface area contributed by atoms with Gasteiger partial charge in [-0.05, 0) is 50.3 Å². The summed E-state index contributed by atoms with van der Waals surface area (Å²) in [5, 5.41) is 4.07. The molecule has 3 rings (SSSR count). The van der Waals surface area contributed by atoms with Crippen LogP contribution in [-0.2, 0) is 6.54 Å². The summed E-state index contributed by atoms with van der Waals surface area (Å²) in [6.07, 6.45) is 5.42. The van der Waals surface area contributed by atoms with Gasteiger partial charge in [0.15, 0.2) is 0 Å². The summed E-state index contributed by atoms with van der Waals surface area (Å²) in [6.45, 7) is 4.98. The maximum atomic E-state index is 6.23. The van der Waals surface area contributed by atoms with Crippen LogP contribution in [0.1, 0.15) is 38.3 Å². The average Bonchev–Trinajstić information content (AvgIpc) is 3.27. The van der Waals surface area contributed by atoms with Gasteiger partial charge in [0, 0.05) is 19.1 Å². The van der Waals surface area contributed by atoms with Gasteiger partial charge in [-0.15, -0.1) is 0 Å². The molecule has 0 aliphatic heterocycles. The molecular weight excluding hydrogens is 258 g/mol. The lowest BCUT2D eigenvalue weighted by molar-refractivity contribution is 0.688. The normalized spacial score (nSPS) is 18.6. The van der Waals surface area contributed by atoms with E-state index in [-0.39, 0.29) is 0 Å². The van der Waals surface area contributed by atoms with Crippen molar-refractivity contribution >= 4 is 17.4 Å². The van der Waals surface area contributed by atoms with Crippen LogP contribution in [0, 0.1) is 5.92 Å². The first-order valence-electron chi connectivity index (χ1n) is 7.40. The second-order valence-electron chi connectivity index (χ2n) is 5.71. The molecule has 1 heterocycles. The number of aromatic nitrogens is 1.